The average molecular weight is 439 g/mol. The van der Waals surface area contributed by atoms with Crippen molar-refractivity contribution in [3.63, 3.8) is 0 Å². The first-order chi connectivity index (χ1) is 14.5. The van der Waals surface area contributed by atoms with E-state index in [0.717, 1.165) is 10.9 Å². The molecule has 4 aromatic rings. The number of carbonyl (C=O) groups is 3. The molecule has 0 bridgehead atoms. The van der Waals surface area contributed by atoms with Crippen LogP contribution in [0.1, 0.15) is 30.4 Å². The molecule has 0 atom stereocenters. The molecule has 0 unspecified atom stereocenters. The largest absolute Gasteiger partial charge is 0.360 e. The lowest BCUT2D eigenvalue weighted by atomic mass is 10.1. The molecule has 9 heteroatoms. The smallest absolute Gasteiger partial charge is 0.271 e. The number of aromatic amines is 1. The molecule has 0 saturated heterocycles. The molecule has 3 amide bonds. The van der Waals surface area contributed by atoms with Gasteiger partial charge in [0.2, 0.25) is 0 Å². The summed E-state index contributed by atoms with van der Waals surface area (Å²) in [7, 11) is 0. The van der Waals surface area contributed by atoms with Crippen LogP contribution >= 0.6 is 22.9 Å². The molecule has 150 valence electrons. The number of fused-ring (bicyclic) bond motifs is 1. The average Bonchev–Trinajstić information content (AvgIpc) is 3.43. The van der Waals surface area contributed by atoms with E-state index < -0.39 is 11.8 Å². The molecule has 0 fully saturated rings. The van der Waals surface area contributed by atoms with Crippen LogP contribution in [0.2, 0.25) is 5.02 Å². The summed E-state index contributed by atoms with van der Waals surface area (Å²) in [4.78, 5) is 40.7. The molecule has 0 aliphatic rings. The van der Waals surface area contributed by atoms with Gasteiger partial charge in [0.1, 0.15) is 0 Å². The van der Waals surface area contributed by atoms with Crippen molar-refractivity contribution in [3.05, 3.63) is 87.2 Å². The molecule has 4 rings (SSSR count). The van der Waals surface area contributed by atoms with Gasteiger partial charge in [-0.05, 0) is 35.7 Å². The number of anilines is 1. The predicted molar refractivity (Wildman–Crippen MR) is 117 cm³/mol. The van der Waals surface area contributed by atoms with Crippen LogP contribution in [0.15, 0.2) is 66.2 Å². The Kier molecular flexibility index (Phi) is 5.51. The number of benzene rings is 2. The number of para-hydroxylation sites is 1. The van der Waals surface area contributed by atoms with Gasteiger partial charge < -0.3 is 10.3 Å². The van der Waals surface area contributed by atoms with Gasteiger partial charge in [-0.3, -0.25) is 25.2 Å². The van der Waals surface area contributed by atoms with E-state index >= 15 is 0 Å². The molecule has 30 heavy (non-hydrogen) atoms. The highest BCUT2D eigenvalue weighted by Crippen LogP contribution is 2.24. The maximum atomic E-state index is 12.5. The van der Waals surface area contributed by atoms with Crippen LogP contribution in [0.25, 0.3) is 10.9 Å². The number of amides is 3. The van der Waals surface area contributed by atoms with Crippen LogP contribution in [0.4, 0.5) is 5.69 Å². The van der Waals surface area contributed by atoms with Crippen molar-refractivity contribution in [1.82, 2.24) is 15.8 Å². The normalized spacial score (nSPS) is 10.6. The number of halogens is 1. The number of thiophene rings is 1. The molecule has 0 spiro atoms. The predicted octanol–water partition coefficient (Wildman–Crippen LogP) is 4.21. The number of rotatable bonds is 4. The van der Waals surface area contributed by atoms with Crippen molar-refractivity contribution in [2.75, 3.05) is 5.32 Å². The summed E-state index contributed by atoms with van der Waals surface area (Å²) in [6.45, 7) is 0. The maximum Gasteiger partial charge on any atom is 0.271 e. The van der Waals surface area contributed by atoms with Crippen LogP contribution in [0, 0.1) is 0 Å². The van der Waals surface area contributed by atoms with E-state index in [1.165, 1.54) is 29.5 Å². The summed E-state index contributed by atoms with van der Waals surface area (Å²) in [5, 5.41) is 5.51. The standard InChI is InChI=1S/C21H15ClN4O3S/c22-15-8-7-12(10-17(15)24-21(29)18-6-3-9-30-18)19(27)25-26-20(28)14-11-23-16-5-2-1-4-13(14)16/h1-11,23H,(H,24,29)(H,25,27)(H,26,28). The van der Waals surface area contributed by atoms with Gasteiger partial charge in [0.25, 0.3) is 17.7 Å². The van der Waals surface area contributed by atoms with E-state index in [0.29, 0.717) is 21.2 Å². The second-order valence-electron chi connectivity index (χ2n) is 6.28. The van der Waals surface area contributed by atoms with Gasteiger partial charge in [-0.1, -0.05) is 35.9 Å². The Labute approximate surface area is 180 Å². The number of carbonyl (C=O) groups excluding carboxylic acids is 3. The highest BCUT2D eigenvalue weighted by molar-refractivity contribution is 7.12. The summed E-state index contributed by atoms with van der Waals surface area (Å²) in [6, 6.07) is 15.2. The molecule has 0 aliphatic heterocycles. The summed E-state index contributed by atoms with van der Waals surface area (Å²) >= 11 is 7.43. The zero-order chi connectivity index (χ0) is 21.1. The van der Waals surface area contributed by atoms with Crippen molar-refractivity contribution >= 4 is 57.2 Å². The minimum absolute atomic E-state index is 0.222. The molecule has 2 aromatic carbocycles. The minimum atomic E-state index is -0.550. The topological polar surface area (TPSA) is 103 Å². The molecule has 0 saturated carbocycles. The Balaban J connectivity index is 1.44. The van der Waals surface area contributed by atoms with Crippen molar-refractivity contribution in [1.29, 1.82) is 0 Å². The Morgan fingerprint density at radius 1 is 0.900 bits per heavy atom. The number of hydrogen-bond acceptors (Lipinski definition) is 4. The number of H-pyrrole nitrogens is 1. The molecule has 0 aliphatic carbocycles. The van der Waals surface area contributed by atoms with Crippen molar-refractivity contribution < 1.29 is 14.4 Å². The van der Waals surface area contributed by atoms with Gasteiger partial charge in [-0.25, -0.2) is 0 Å². The Bertz CT molecular complexity index is 1250. The van der Waals surface area contributed by atoms with E-state index in [1.807, 2.05) is 24.3 Å². The fourth-order valence-corrected chi connectivity index (χ4v) is 3.65. The Hall–Kier alpha value is -3.62. The van der Waals surface area contributed by atoms with Gasteiger partial charge in [0.15, 0.2) is 0 Å². The van der Waals surface area contributed by atoms with Crippen LogP contribution in [0.3, 0.4) is 0 Å². The molecule has 4 N–H and O–H groups in total. The first kappa shape index (κ1) is 19.7. The number of hydrazine groups is 1. The molecule has 7 nitrogen and oxygen atoms in total. The first-order valence-electron chi connectivity index (χ1n) is 8.84. The van der Waals surface area contributed by atoms with Gasteiger partial charge in [0, 0.05) is 22.7 Å². The lowest BCUT2D eigenvalue weighted by Crippen LogP contribution is -2.41. The van der Waals surface area contributed by atoms with E-state index in [4.69, 9.17) is 11.6 Å². The molecule has 2 heterocycles. The lowest BCUT2D eigenvalue weighted by molar-refractivity contribution is 0.0847. The van der Waals surface area contributed by atoms with Crippen molar-refractivity contribution in [2.45, 2.75) is 0 Å². The third-order valence-corrected chi connectivity index (χ3v) is 5.54. The van der Waals surface area contributed by atoms with Crippen LogP contribution in [-0.2, 0) is 0 Å². The fraction of sp³-hybridized carbons (Fsp3) is 0. The lowest BCUT2D eigenvalue weighted by Gasteiger charge is -2.10. The molecular formula is C21H15ClN4O3S. The van der Waals surface area contributed by atoms with E-state index in [9.17, 15) is 14.4 Å². The zero-order valence-corrected chi connectivity index (χ0v) is 16.9. The van der Waals surface area contributed by atoms with Gasteiger partial charge >= 0.3 is 0 Å². The van der Waals surface area contributed by atoms with Gasteiger partial charge in [-0.2, -0.15) is 0 Å². The summed E-state index contributed by atoms with van der Waals surface area (Å²) in [5.41, 5.74) is 6.51. The number of hydrogen-bond donors (Lipinski definition) is 4. The van der Waals surface area contributed by atoms with Gasteiger partial charge in [-0.15, -0.1) is 11.3 Å². The quantitative estimate of drug-likeness (QED) is 0.359. The summed E-state index contributed by atoms with van der Waals surface area (Å²) in [5.74, 6) is -1.33. The summed E-state index contributed by atoms with van der Waals surface area (Å²) < 4.78 is 0. The first-order valence-corrected chi connectivity index (χ1v) is 10.1. The third kappa shape index (κ3) is 4.05. The number of aromatic nitrogens is 1. The summed E-state index contributed by atoms with van der Waals surface area (Å²) in [6.07, 6.45) is 1.58. The monoisotopic (exact) mass is 438 g/mol. The number of nitrogens with one attached hydrogen (secondary N) is 4. The Morgan fingerprint density at radius 2 is 1.70 bits per heavy atom. The van der Waals surface area contributed by atoms with E-state index in [-0.39, 0.29) is 11.5 Å². The highest BCUT2D eigenvalue weighted by Gasteiger charge is 2.15. The van der Waals surface area contributed by atoms with E-state index in [1.54, 1.807) is 23.7 Å². The second-order valence-corrected chi connectivity index (χ2v) is 7.64. The van der Waals surface area contributed by atoms with Crippen molar-refractivity contribution in [2.24, 2.45) is 0 Å². The fourth-order valence-electron chi connectivity index (χ4n) is 2.87. The zero-order valence-electron chi connectivity index (χ0n) is 15.4. The SMILES string of the molecule is O=C(NNC(=O)c1c[nH]c2ccccc12)c1ccc(Cl)c(NC(=O)c2cccs2)c1. The third-order valence-electron chi connectivity index (χ3n) is 4.35. The molecule has 2 aromatic heterocycles. The molecule has 0 radical (unpaired) electrons. The van der Waals surface area contributed by atoms with E-state index in [2.05, 4.69) is 21.2 Å². The van der Waals surface area contributed by atoms with Crippen molar-refractivity contribution in [3.8, 4) is 0 Å². The van der Waals surface area contributed by atoms with Crippen LogP contribution in [-0.4, -0.2) is 22.7 Å². The Morgan fingerprint density at radius 3 is 2.50 bits per heavy atom. The minimum Gasteiger partial charge on any atom is -0.360 e. The van der Waals surface area contributed by atoms with Crippen LogP contribution in [0.5, 0.6) is 0 Å². The molecular weight excluding hydrogens is 424 g/mol. The highest BCUT2D eigenvalue weighted by atomic mass is 35.5. The van der Waals surface area contributed by atoms with Gasteiger partial charge in [0.05, 0.1) is 21.2 Å². The second kappa shape index (κ2) is 8.40. The van der Waals surface area contributed by atoms with Crippen LogP contribution < -0.4 is 16.2 Å². The maximum absolute atomic E-state index is 12.5.